The first-order chi connectivity index (χ1) is 4.63. The predicted molar refractivity (Wildman–Crippen MR) is 34.1 cm³/mol. The van der Waals surface area contributed by atoms with Crippen LogP contribution in [-0.2, 0) is 0 Å². The molecular weight excluding hydrogens is 120 g/mol. The Morgan fingerprint density at radius 3 is 2.33 bits per heavy atom. The van der Waals surface area contributed by atoms with Crippen LogP contribution in [-0.4, -0.2) is 29.5 Å². The van der Waals surface area contributed by atoms with Gasteiger partial charge >= 0.3 is 0 Å². The lowest BCUT2D eigenvalue weighted by Crippen LogP contribution is -2.15. The molecule has 0 fully saturated rings. The minimum absolute atomic E-state index is 0.0718. The summed E-state index contributed by atoms with van der Waals surface area (Å²) in [5.74, 6) is -0.0718. The summed E-state index contributed by atoms with van der Waals surface area (Å²) >= 11 is 0. The van der Waals surface area contributed by atoms with Gasteiger partial charge in [0.15, 0.2) is 0 Å². The number of allylic oxidation sites excluding steroid dienone is 1. The molecule has 0 aliphatic carbocycles. The monoisotopic (exact) mass is 133 g/mol. The predicted octanol–water partition coefficient (Wildman–Crippen LogP) is 0.192. The number of rotatable bonds is 3. The van der Waals surface area contributed by atoms with Crippen LogP contribution >= 0.6 is 0 Å². The van der Waals surface area contributed by atoms with E-state index < -0.39 is 6.10 Å². The molecule has 0 saturated heterocycles. The summed E-state index contributed by atoms with van der Waals surface area (Å²) in [4.78, 5) is 0. The summed E-state index contributed by atoms with van der Waals surface area (Å²) in [6.45, 7) is 2.98. The molecule has 0 spiro atoms. The third kappa shape index (κ3) is 2.49. The summed E-state index contributed by atoms with van der Waals surface area (Å²) in [6.07, 6.45) is -0.898. The number of hydrogen-bond acceptors (Lipinski definition) is 3. The summed E-state index contributed by atoms with van der Waals surface area (Å²) in [7, 11) is 0. The van der Waals surface area contributed by atoms with Gasteiger partial charge in [-0.05, 0) is 19.4 Å². The fourth-order valence-corrected chi connectivity index (χ4v) is 0.408. The average molecular weight is 133 g/mol. The van der Waals surface area contributed by atoms with E-state index in [1.54, 1.807) is 13.8 Å². The lowest BCUT2D eigenvalue weighted by atomic mass is 10.2. The topological polar surface area (TPSA) is 60.7 Å². The Balaban J connectivity index is 4.15. The van der Waals surface area contributed by atoms with Crippen LogP contribution in [0.5, 0.6) is 0 Å². The summed E-state index contributed by atoms with van der Waals surface area (Å²) < 4.78 is 6.43. The standard InChI is InChI=1S/C6H12O3/c1-4(2)6(9)5(8)3-7/h5,7-9H,3H2,1-2H3/i8D. The van der Waals surface area contributed by atoms with Crippen LogP contribution in [0, 0.1) is 0 Å². The first kappa shape index (κ1) is 6.58. The fourth-order valence-electron chi connectivity index (χ4n) is 0.408. The third-order valence-electron chi connectivity index (χ3n) is 0.983. The van der Waals surface area contributed by atoms with Crippen LogP contribution < -0.4 is 0 Å². The maximum Gasteiger partial charge on any atom is 0.211 e. The van der Waals surface area contributed by atoms with E-state index in [2.05, 4.69) is 5.11 Å². The van der Waals surface area contributed by atoms with E-state index in [1.165, 1.54) is 0 Å². The maximum atomic E-state index is 9.06. The van der Waals surface area contributed by atoms with Gasteiger partial charge in [-0.3, -0.25) is 0 Å². The summed E-state index contributed by atoms with van der Waals surface area (Å²) in [5, 5.41) is 21.6. The molecule has 0 aliphatic rings. The van der Waals surface area contributed by atoms with Crippen molar-refractivity contribution in [1.82, 2.24) is 0 Å². The smallest absolute Gasteiger partial charge is 0.211 e. The van der Waals surface area contributed by atoms with Crippen LogP contribution in [0.4, 0.5) is 0 Å². The highest BCUT2D eigenvalue weighted by molar-refractivity contribution is 5.05. The van der Waals surface area contributed by atoms with Gasteiger partial charge in [-0.2, -0.15) is 0 Å². The van der Waals surface area contributed by atoms with Crippen LogP contribution in [0.2, 0.25) is 0 Å². The van der Waals surface area contributed by atoms with Gasteiger partial charge in [0, 0.05) is 0 Å². The van der Waals surface area contributed by atoms with Gasteiger partial charge in [-0.15, -0.1) is 0 Å². The lowest BCUT2D eigenvalue weighted by molar-refractivity contribution is 0.0856. The van der Waals surface area contributed by atoms with Crippen molar-refractivity contribution >= 4 is 0 Å². The van der Waals surface area contributed by atoms with Crippen molar-refractivity contribution in [3.05, 3.63) is 11.3 Å². The zero-order chi connectivity index (χ0) is 8.15. The van der Waals surface area contributed by atoms with E-state index in [0.29, 0.717) is 5.57 Å². The molecule has 0 bridgehead atoms. The van der Waals surface area contributed by atoms with Crippen LogP contribution in [0.25, 0.3) is 0 Å². The third-order valence-corrected chi connectivity index (χ3v) is 0.983. The molecule has 0 aromatic carbocycles. The van der Waals surface area contributed by atoms with E-state index in [4.69, 9.17) is 11.6 Å². The number of aliphatic hydroxyl groups excluding tert-OH is 3. The Labute approximate surface area is 55.7 Å². The van der Waals surface area contributed by atoms with Gasteiger partial charge < -0.3 is 15.3 Å². The molecule has 3 nitrogen and oxygen atoms in total. The lowest BCUT2D eigenvalue weighted by Gasteiger charge is -2.06. The van der Waals surface area contributed by atoms with Crippen molar-refractivity contribution in [2.75, 3.05) is 6.61 Å². The summed E-state index contributed by atoms with van der Waals surface area (Å²) in [6, 6.07) is 0. The van der Waals surface area contributed by atoms with Crippen molar-refractivity contribution in [1.29, 1.82) is 1.43 Å². The Kier molecular flexibility index (Phi) is 2.54. The van der Waals surface area contributed by atoms with Crippen molar-refractivity contribution in [3.8, 4) is 0 Å². The molecule has 0 saturated carbocycles. The highest BCUT2D eigenvalue weighted by atomic mass is 16.3. The van der Waals surface area contributed by atoms with Gasteiger partial charge in [0.25, 0.3) is 0 Å². The van der Waals surface area contributed by atoms with Crippen molar-refractivity contribution < 1.29 is 15.3 Å². The SMILES string of the molecule is [2H]OC(CO)C(O)=C(C)C. The molecule has 0 aliphatic heterocycles. The van der Waals surface area contributed by atoms with Gasteiger partial charge in [0.05, 0.1) is 6.61 Å². The van der Waals surface area contributed by atoms with Gasteiger partial charge in [-0.25, -0.2) is 0 Å². The minimum Gasteiger partial charge on any atom is -0.510 e. The molecule has 0 amide bonds. The van der Waals surface area contributed by atoms with Crippen molar-refractivity contribution in [2.24, 2.45) is 0 Å². The molecule has 0 aromatic rings. The Bertz CT molecular complexity index is 125. The van der Waals surface area contributed by atoms with Gasteiger partial charge in [0.2, 0.25) is 1.43 Å². The molecule has 1 unspecified atom stereocenters. The second kappa shape index (κ2) is 3.48. The molecule has 0 aromatic heterocycles. The molecular formula is C6H12O3. The molecule has 1 atom stereocenters. The number of hydrogen-bond donors (Lipinski definition) is 3. The Morgan fingerprint density at radius 2 is 2.22 bits per heavy atom. The normalized spacial score (nSPS) is 14.3. The van der Waals surface area contributed by atoms with Crippen LogP contribution in [0.3, 0.4) is 0 Å². The minimum atomic E-state index is -0.898. The van der Waals surface area contributed by atoms with Crippen molar-refractivity contribution in [3.63, 3.8) is 0 Å². The molecule has 0 rings (SSSR count). The summed E-state index contributed by atoms with van der Waals surface area (Å²) in [5.41, 5.74) is 0.645. The molecule has 3 heteroatoms. The highest BCUT2D eigenvalue weighted by Crippen LogP contribution is 2.03. The van der Waals surface area contributed by atoms with E-state index in [-0.39, 0.29) is 12.4 Å². The zero-order valence-electron chi connectivity index (χ0n) is 6.59. The van der Waals surface area contributed by atoms with Crippen molar-refractivity contribution in [2.45, 2.75) is 20.0 Å². The van der Waals surface area contributed by atoms with E-state index >= 15 is 0 Å². The second-order valence-corrected chi connectivity index (χ2v) is 2.06. The fraction of sp³-hybridized carbons (Fsp3) is 0.667. The quantitative estimate of drug-likeness (QED) is 0.482. The van der Waals surface area contributed by atoms with E-state index in [0.717, 1.165) is 0 Å². The van der Waals surface area contributed by atoms with E-state index in [1.807, 2.05) is 0 Å². The van der Waals surface area contributed by atoms with E-state index in [9.17, 15) is 0 Å². The Hall–Kier alpha value is -0.540. The molecule has 54 valence electrons. The first-order valence-electron chi connectivity index (χ1n) is 3.13. The molecule has 0 radical (unpaired) electrons. The van der Waals surface area contributed by atoms with Gasteiger partial charge in [0.1, 0.15) is 11.9 Å². The second-order valence-electron chi connectivity index (χ2n) is 2.06. The van der Waals surface area contributed by atoms with Gasteiger partial charge in [-0.1, -0.05) is 0 Å². The maximum absolute atomic E-state index is 9.06. The van der Waals surface area contributed by atoms with Crippen LogP contribution in [0.1, 0.15) is 13.8 Å². The first-order valence-corrected chi connectivity index (χ1v) is 2.72. The molecule has 3 N–H and O–H groups in total. The highest BCUT2D eigenvalue weighted by Gasteiger charge is 2.07. The largest absolute Gasteiger partial charge is 0.510 e. The van der Waals surface area contributed by atoms with Crippen LogP contribution in [0.15, 0.2) is 11.3 Å². The Morgan fingerprint density at radius 1 is 1.67 bits per heavy atom. The molecule has 9 heavy (non-hydrogen) atoms. The zero-order valence-corrected chi connectivity index (χ0v) is 5.59. The number of aliphatic hydroxyl groups is 3. The average Bonchev–Trinajstić information content (AvgIpc) is 1.90. The molecule has 0 heterocycles.